The summed E-state index contributed by atoms with van der Waals surface area (Å²) < 4.78 is 40.1. The Hall–Kier alpha value is -3.45. The predicted octanol–water partition coefficient (Wildman–Crippen LogP) is 4.19. The molecule has 0 bridgehead atoms. The number of carbonyl (C=O) groups is 2. The van der Waals surface area contributed by atoms with Crippen molar-refractivity contribution in [3.8, 4) is 6.07 Å². The van der Waals surface area contributed by atoms with Crippen molar-refractivity contribution in [2.45, 2.75) is 32.1 Å². The van der Waals surface area contributed by atoms with Crippen LogP contribution in [0.3, 0.4) is 0 Å². The molecule has 1 saturated heterocycles. The fourth-order valence-electron chi connectivity index (χ4n) is 3.27. The van der Waals surface area contributed by atoms with Crippen molar-refractivity contribution in [2.75, 3.05) is 4.90 Å². The summed E-state index contributed by atoms with van der Waals surface area (Å²) in [6.45, 7) is 3.35. The van der Waals surface area contributed by atoms with E-state index in [2.05, 4.69) is 0 Å². The number of rotatable bonds is 4. The Morgan fingerprint density at radius 2 is 1.81 bits per heavy atom. The molecule has 31 heavy (non-hydrogen) atoms. The molecule has 1 fully saturated rings. The van der Waals surface area contributed by atoms with E-state index in [-0.39, 0.29) is 22.9 Å². The fraction of sp³-hybridized carbons (Fsp3) is 0.238. The highest BCUT2D eigenvalue weighted by molar-refractivity contribution is 7.80. The van der Waals surface area contributed by atoms with Gasteiger partial charge in [-0.2, -0.15) is 18.4 Å². The molecule has 0 spiro atoms. The maximum absolute atomic E-state index is 13.4. The largest absolute Gasteiger partial charge is 0.478 e. The van der Waals surface area contributed by atoms with Crippen LogP contribution in [0, 0.1) is 11.3 Å². The van der Waals surface area contributed by atoms with Crippen LogP contribution in [0.2, 0.25) is 0 Å². The molecule has 10 heteroatoms. The molecule has 1 amide bonds. The zero-order chi connectivity index (χ0) is 23.1. The number of benzene rings is 2. The third-order valence-corrected chi connectivity index (χ3v) is 5.46. The van der Waals surface area contributed by atoms with Crippen molar-refractivity contribution in [1.29, 1.82) is 5.26 Å². The number of carbonyl (C=O) groups excluding carboxylic acids is 1. The molecule has 0 radical (unpaired) electrons. The molecule has 3 rings (SSSR count). The molecular weight excluding hydrogens is 431 g/mol. The molecule has 2 aromatic carbocycles. The van der Waals surface area contributed by atoms with E-state index in [0.29, 0.717) is 5.56 Å². The Bertz CT molecular complexity index is 1120. The number of thiocarbonyl (C=S) groups is 1. The fourth-order valence-corrected chi connectivity index (χ4v) is 3.75. The first-order valence-corrected chi connectivity index (χ1v) is 9.38. The van der Waals surface area contributed by atoms with E-state index in [1.165, 1.54) is 24.3 Å². The lowest BCUT2D eigenvalue weighted by Gasteiger charge is -2.29. The highest BCUT2D eigenvalue weighted by Gasteiger charge is 2.49. The summed E-state index contributed by atoms with van der Waals surface area (Å²) in [4.78, 5) is 26.7. The third kappa shape index (κ3) is 3.96. The molecule has 0 aliphatic carbocycles. The van der Waals surface area contributed by atoms with Crippen molar-refractivity contribution in [2.24, 2.45) is 0 Å². The number of carboxylic acids is 1. The molecular formula is C21H16F3N3O3S. The number of nitrogens with zero attached hydrogens (tertiary/aromatic N) is 3. The van der Waals surface area contributed by atoms with Crippen LogP contribution in [0.25, 0.3) is 0 Å². The van der Waals surface area contributed by atoms with Crippen molar-refractivity contribution in [3.05, 3.63) is 64.7 Å². The summed E-state index contributed by atoms with van der Waals surface area (Å²) in [7, 11) is 0. The van der Waals surface area contributed by atoms with Gasteiger partial charge in [0.1, 0.15) is 5.54 Å². The van der Waals surface area contributed by atoms with Gasteiger partial charge in [-0.15, -0.1) is 0 Å². The second-order valence-corrected chi connectivity index (χ2v) is 7.77. The van der Waals surface area contributed by atoms with E-state index < -0.39 is 34.7 Å². The van der Waals surface area contributed by atoms with Gasteiger partial charge < -0.3 is 10.0 Å². The van der Waals surface area contributed by atoms with Crippen LogP contribution in [-0.4, -0.2) is 32.5 Å². The van der Waals surface area contributed by atoms with Crippen molar-refractivity contribution in [1.82, 2.24) is 4.90 Å². The van der Waals surface area contributed by atoms with Crippen molar-refractivity contribution >= 4 is 34.9 Å². The summed E-state index contributed by atoms with van der Waals surface area (Å²) >= 11 is 5.43. The van der Waals surface area contributed by atoms with Crippen LogP contribution in [0.4, 0.5) is 18.9 Å². The Morgan fingerprint density at radius 3 is 2.32 bits per heavy atom. The highest BCUT2D eigenvalue weighted by atomic mass is 32.1. The SMILES string of the molecule is CC1(C)C(=O)N(c2ccc(C#N)c(C(F)(F)F)c2)C(=S)N1Cc1ccc(C(=O)O)cc1. The zero-order valence-corrected chi connectivity index (χ0v) is 17.2. The van der Waals surface area contributed by atoms with Crippen LogP contribution >= 0.6 is 12.2 Å². The first kappa shape index (κ1) is 22.2. The zero-order valence-electron chi connectivity index (χ0n) is 16.4. The summed E-state index contributed by atoms with van der Waals surface area (Å²) in [5.74, 6) is -1.59. The first-order chi connectivity index (χ1) is 14.4. The predicted molar refractivity (Wildman–Crippen MR) is 109 cm³/mol. The highest BCUT2D eigenvalue weighted by Crippen LogP contribution is 2.38. The van der Waals surface area contributed by atoms with E-state index in [9.17, 15) is 22.8 Å². The number of carboxylic acid groups (broad SMARTS) is 1. The van der Waals surface area contributed by atoms with Gasteiger partial charge in [0.2, 0.25) is 0 Å². The van der Waals surface area contributed by atoms with Crippen LogP contribution in [0.1, 0.15) is 40.9 Å². The molecule has 1 heterocycles. The minimum atomic E-state index is -4.77. The normalized spacial score (nSPS) is 15.9. The van der Waals surface area contributed by atoms with E-state index >= 15 is 0 Å². The van der Waals surface area contributed by atoms with E-state index in [1.807, 2.05) is 0 Å². The second-order valence-electron chi connectivity index (χ2n) is 7.41. The quantitative estimate of drug-likeness (QED) is 0.708. The number of alkyl halides is 3. The van der Waals surface area contributed by atoms with Crippen LogP contribution in [0.15, 0.2) is 42.5 Å². The first-order valence-electron chi connectivity index (χ1n) is 8.97. The maximum atomic E-state index is 13.4. The van der Waals surface area contributed by atoms with Crippen molar-refractivity contribution in [3.63, 3.8) is 0 Å². The summed E-state index contributed by atoms with van der Waals surface area (Å²) in [5.41, 5.74) is -2.17. The Kier molecular flexibility index (Phi) is 5.50. The Morgan fingerprint density at radius 1 is 1.19 bits per heavy atom. The van der Waals surface area contributed by atoms with Gasteiger partial charge in [-0.3, -0.25) is 9.69 Å². The molecule has 1 N–H and O–H groups in total. The molecule has 0 aromatic heterocycles. The summed E-state index contributed by atoms with van der Waals surface area (Å²) in [6.07, 6.45) is -4.77. The number of hydrogen-bond donors (Lipinski definition) is 1. The number of amides is 1. The number of nitriles is 1. The van der Waals surface area contributed by atoms with Gasteiger partial charge in [0.25, 0.3) is 5.91 Å². The minimum absolute atomic E-state index is 0.00939. The van der Waals surface area contributed by atoms with Gasteiger partial charge in [-0.1, -0.05) is 12.1 Å². The Labute approximate surface area is 181 Å². The van der Waals surface area contributed by atoms with Crippen molar-refractivity contribution < 1.29 is 27.9 Å². The van der Waals surface area contributed by atoms with Crippen LogP contribution in [-0.2, 0) is 17.5 Å². The smallest absolute Gasteiger partial charge is 0.417 e. The molecule has 160 valence electrons. The molecule has 0 saturated carbocycles. The number of anilines is 1. The van der Waals surface area contributed by atoms with E-state index in [4.69, 9.17) is 22.6 Å². The van der Waals surface area contributed by atoms with E-state index in [1.54, 1.807) is 30.9 Å². The minimum Gasteiger partial charge on any atom is -0.478 e. The van der Waals surface area contributed by atoms with E-state index in [0.717, 1.165) is 17.0 Å². The molecule has 1 aliphatic heterocycles. The van der Waals surface area contributed by atoms with Crippen LogP contribution in [0.5, 0.6) is 0 Å². The monoisotopic (exact) mass is 447 g/mol. The van der Waals surface area contributed by atoms with Gasteiger partial charge in [0.15, 0.2) is 5.11 Å². The lowest BCUT2D eigenvalue weighted by Crippen LogP contribution is -2.43. The summed E-state index contributed by atoms with van der Waals surface area (Å²) in [6, 6.07) is 10.5. The lowest BCUT2D eigenvalue weighted by atomic mass is 10.0. The van der Waals surface area contributed by atoms with Gasteiger partial charge in [0.05, 0.1) is 28.4 Å². The molecule has 6 nitrogen and oxygen atoms in total. The Balaban J connectivity index is 1.98. The second kappa shape index (κ2) is 7.67. The van der Waals surface area contributed by atoms with Gasteiger partial charge in [-0.05, 0) is 62.0 Å². The van der Waals surface area contributed by atoms with Gasteiger partial charge in [-0.25, -0.2) is 4.79 Å². The number of halogens is 3. The van der Waals surface area contributed by atoms with Gasteiger partial charge >= 0.3 is 12.1 Å². The standard InChI is InChI=1S/C21H16F3N3O3S/c1-20(2)18(30)27(15-8-7-14(10-25)16(9-15)21(22,23)24)19(31)26(20)11-12-3-5-13(6-4-12)17(28)29/h3-9H,11H2,1-2H3,(H,28,29). The maximum Gasteiger partial charge on any atom is 0.417 e. The molecule has 0 atom stereocenters. The number of aromatic carboxylic acids is 1. The molecule has 0 unspecified atom stereocenters. The molecule has 2 aromatic rings. The molecule has 1 aliphatic rings. The van der Waals surface area contributed by atoms with Gasteiger partial charge in [0, 0.05) is 6.54 Å². The number of hydrogen-bond acceptors (Lipinski definition) is 4. The third-order valence-electron chi connectivity index (χ3n) is 5.05. The average molecular weight is 447 g/mol. The van der Waals surface area contributed by atoms with Crippen LogP contribution < -0.4 is 4.90 Å². The summed E-state index contributed by atoms with van der Waals surface area (Å²) in [5, 5.41) is 18.0. The lowest BCUT2D eigenvalue weighted by molar-refractivity contribution is -0.137. The average Bonchev–Trinajstić information content (AvgIpc) is 2.87. The topological polar surface area (TPSA) is 84.6 Å².